The van der Waals surface area contributed by atoms with E-state index < -0.39 is 5.97 Å². The predicted octanol–water partition coefficient (Wildman–Crippen LogP) is 6.55. The van der Waals surface area contributed by atoms with Gasteiger partial charge in [0.05, 0.1) is 32.9 Å². The van der Waals surface area contributed by atoms with Crippen LogP contribution in [0.3, 0.4) is 0 Å². The Bertz CT molecular complexity index is 1510. The second kappa shape index (κ2) is 10.0. The topological polar surface area (TPSA) is 91.9 Å². The number of ether oxygens (including phenoxy) is 1. The average molecular weight is 574 g/mol. The second-order valence-electron chi connectivity index (χ2n) is 9.85. The van der Waals surface area contributed by atoms with Crippen molar-refractivity contribution in [2.24, 2.45) is 0 Å². The summed E-state index contributed by atoms with van der Waals surface area (Å²) >= 11 is 14.6. The molecular weight excluding hydrogens is 547 g/mol. The van der Waals surface area contributed by atoms with Crippen LogP contribution in [0.1, 0.15) is 47.4 Å². The number of piperazine rings is 1. The van der Waals surface area contributed by atoms with Crippen molar-refractivity contribution >= 4 is 55.9 Å². The highest BCUT2D eigenvalue weighted by Gasteiger charge is 2.35. The molecule has 38 heavy (non-hydrogen) atoms. The van der Waals surface area contributed by atoms with Crippen molar-refractivity contribution in [3.8, 4) is 17.0 Å². The van der Waals surface area contributed by atoms with Gasteiger partial charge in [0.2, 0.25) is 0 Å². The molecule has 0 spiro atoms. The Hall–Kier alpha value is -2.85. The van der Waals surface area contributed by atoms with Crippen molar-refractivity contribution in [1.82, 2.24) is 15.0 Å². The van der Waals surface area contributed by atoms with Crippen molar-refractivity contribution in [3.63, 3.8) is 0 Å². The number of rotatable bonds is 7. The Balaban J connectivity index is 1.25. The van der Waals surface area contributed by atoms with Gasteiger partial charge in [-0.1, -0.05) is 45.8 Å². The number of carboxylic acids is 1. The number of anilines is 1. The normalized spacial score (nSPS) is 18.3. The minimum Gasteiger partial charge on any atom is -0.495 e. The van der Waals surface area contributed by atoms with Gasteiger partial charge >= 0.3 is 5.97 Å². The molecular formula is C27H26Cl2N4O4S. The van der Waals surface area contributed by atoms with Crippen LogP contribution in [-0.2, 0) is 6.54 Å². The molecule has 0 bridgehead atoms. The highest BCUT2D eigenvalue weighted by atomic mass is 35.5. The maximum absolute atomic E-state index is 11.5. The SMILES string of the molecule is COc1cc(C(=O)O)cc2nc(N3CCN(Cc4c(-c5c(Cl)cccc5Cl)noc4C4CC4)CC3C)sc12. The van der Waals surface area contributed by atoms with Crippen LogP contribution in [0.4, 0.5) is 5.13 Å². The predicted molar refractivity (Wildman–Crippen MR) is 149 cm³/mol. The Morgan fingerprint density at radius 3 is 2.66 bits per heavy atom. The van der Waals surface area contributed by atoms with Gasteiger partial charge in [-0.3, -0.25) is 4.90 Å². The van der Waals surface area contributed by atoms with E-state index in [1.165, 1.54) is 11.3 Å². The highest BCUT2D eigenvalue weighted by molar-refractivity contribution is 7.22. The molecule has 2 aromatic heterocycles. The molecule has 1 aliphatic carbocycles. The fraction of sp³-hybridized carbons (Fsp3) is 0.370. The minimum absolute atomic E-state index is 0.165. The molecule has 2 aromatic carbocycles. The van der Waals surface area contributed by atoms with E-state index in [2.05, 4.69) is 21.9 Å². The molecule has 3 heterocycles. The number of carboxylic acid groups (broad SMARTS) is 1. The fourth-order valence-electron chi connectivity index (χ4n) is 5.13. The van der Waals surface area contributed by atoms with Gasteiger partial charge < -0.3 is 19.3 Å². The van der Waals surface area contributed by atoms with E-state index in [0.29, 0.717) is 33.8 Å². The number of thiazole rings is 1. The van der Waals surface area contributed by atoms with E-state index in [1.807, 2.05) is 18.2 Å². The number of nitrogens with zero attached hydrogens (tertiary/aromatic N) is 4. The Labute approximate surface area is 233 Å². The third-order valence-corrected chi connectivity index (χ3v) is 8.97. The number of carbonyl (C=O) groups is 1. The van der Waals surface area contributed by atoms with Crippen LogP contribution < -0.4 is 9.64 Å². The first-order chi connectivity index (χ1) is 18.3. The van der Waals surface area contributed by atoms with Gasteiger partial charge in [0, 0.05) is 49.3 Å². The van der Waals surface area contributed by atoms with E-state index in [0.717, 1.165) is 64.9 Å². The Morgan fingerprint density at radius 1 is 1.24 bits per heavy atom. The van der Waals surface area contributed by atoms with Crippen LogP contribution in [0.5, 0.6) is 5.75 Å². The summed E-state index contributed by atoms with van der Waals surface area (Å²) in [6.07, 6.45) is 2.21. The zero-order valence-corrected chi connectivity index (χ0v) is 23.2. The van der Waals surface area contributed by atoms with E-state index in [9.17, 15) is 9.90 Å². The summed E-state index contributed by atoms with van der Waals surface area (Å²) in [5.74, 6) is 0.873. The number of methoxy groups -OCH3 is 1. The van der Waals surface area contributed by atoms with Gasteiger partial charge in [-0.05, 0) is 44.0 Å². The molecule has 1 N–H and O–H groups in total. The first kappa shape index (κ1) is 25.4. The van der Waals surface area contributed by atoms with Crippen LogP contribution >= 0.6 is 34.5 Å². The van der Waals surface area contributed by atoms with E-state index >= 15 is 0 Å². The lowest BCUT2D eigenvalue weighted by Gasteiger charge is -2.39. The number of benzene rings is 2. The highest BCUT2D eigenvalue weighted by Crippen LogP contribution is 2.46. The lowest BCUT2D eigenvalue weighted by Crippen LogP contribution is -2.51. The molecule has 1 unspecified atom stereocenters. The first-order valence-electron chi connectivity index (χ1n) is 12.5. The average Bonchev–Trinajstić information content (AvgIpc) is 3.51. The summed E-state index contributed by atoms with van der Waals surface area (Å²) in [6.45, 7) is 5.29. The number of hydrogen-bond donors (Lipinski definition) is 1. The quantitative estimate of drug-likeness (QED) is 0.266. The molecule has 8 nitrogen and oxygen atoms in total. The van der Waals surface area contributed by atoms with Gasteiger partial charge in [-0.2, -0.15) is 0 Å². The number of hydrogen-bond acceptors (Lipinski definition) is 8. The fourth-order valence-corrected chi connectivity index (χ4v) is 6.88. The smallest absolute Gasteiger partial charge is 0.335 e. The van der Waals surface area contributed by atoms with Gasteiger partial charge in [-0.15, -0.1) is 0 Å². The van der Waals surface area contributed by atoms with Crippen molar-refractivity contribution in [2.45, 2.75) is 38.3 Å². The van der Waals surface area contributed by atoms with Gasteiger partial charge in [0.1, 0.15) is 17.2 Å². The van der Waals surface area contributed by atoms with Crippen LogP contribution in [0.2, 0.25) is 10.0 Å². The molecule has 1 saturated carbocycles. The monoisotopic (exact) mass is 572 g/mol. The molecule has 4 aromatic rings. The molecule has 11 heteroatoms. The summed E-state index contributed by atoms with van der Waals surface area (Å²) < 4.78 is 12.2. The molecule has 1 atom stereocenters. The lowest BCUT2D eigenvalue weighted by atomic mass is 10.0. The molecule has 2 fully saturated rings. The van der Waals surface area contributed by atoms with Crippen molar-refractivity contribution in [1.29, 1.82) is 0 Å². The van der Waals surface area contributed by atoms with Gasteiger partial charge in [-0.25, -0.2) is 9.78 Å². The van der Waals surface area contributed by atoms with Crippen molar-refractivity contribution in [3.05, 3.63) is 57.3 Å². The summed E-state index contributed by atoms with van der Waals surface area (Å²) in [5, 5.41) is 15.9. The summed E-state index contributed by atoms with van der Waals surface area (Å²) in [7, 11) is 1.55. The Morgan fingerprint density at radius 2 is 2.00 bits per heavy atom. The molecule has 6 rings (SSSR count). The molecule has 1 aliphatic heterocycles. The third-order valence-electron chi connectivity index (χ3n) is 7.22. The van der Waals surface area contributed by atoms with Gasteiger partial charge in [0.15, 0.2) is 5.13 Å². The lowest BCUT2D eigenvalue weighted by molar-refractivity contribution is 0.0696. The summed E-state index contributed by atoms with van der Waals surface area (Å²) in [4.78, 5) is 21.0. The summed E-state index contributed by atoms with van der Waals surface area (Å²) in [6, 6.07) is 8.82. The number of fused-ring (bicyclic) bond motifs is 1. The largest absolute Gasteiger partial charge is 0.495 e. The minimum atomic E-state index is -1.00. The molecule has 198 valence electrons. The molecule has 2 aliphatic rings. The Kier molecular flexibility index (Phi) is 6.72. The summed E-state index contributed by atoms with van der Waals surface area (Å²) in [5.41, 5.74) is 3.31. The maximum Gasteiger partial charge on any atom is 0.335 e. The van der Waals surface area contributed by atoms with Crippen LogP contribution in [0, 0.1) is 0 Å². The second-order valence-corrected chi connectivity index (χ2v) is 11.6. The van der Waals surface area contributed by atoms with Crippen LogP contribution in [-0.4, -0.2) is 58.9 Å². The number of aromatic carboxylic acids is 1. The number of aromatic nitrogens is 2. The zero-order chi connectivity index (χ0) is 26.6. The van der Waals surface area contributed by atoms with Crippen molar-refractivity contribution in [2.75, 3.05) is 31.6 Å². The van der Waals surface area contributed by atoms with E-state index in [1.54, 1.807) is 19.2 Å². The van der Waals surface area contributed by atoms with E-state index in [4.69, 9.17) is 37.4 Å². The maximum atomic E-state index is 11.5. The number of halogens is 2. The third kappa shape index (κ3) is 4.62. The molecule has 1 saturated heterocycles. The van der Waals surface area contributed by atoms with Crippen LogP contribution in [0.15, 0.2) is 34.9 Å². The zero-order valence-electron chi connectivity index (χ0n) is 20.9. The standard InChI is InChI=1S/C27H26Cl2N4O4S/c1-14-12-32(8-9-33(14)27-30-20-10-16(26(34)35)11-21(36-2)25(20)38-27)13-17-23(31-37-24(17)15-6-7-15)22-18(28)4-3-5-19(22)29/h3-5,10-11,14-15H,6-9,12-13H2,1-2H3,(H,34,35). The van der Waals surface area contributed by atoms with E-state index in [-0.39, 0.29) is 11.6 Å². The molecule has 0 radical (unpaired) electrons. The molecule has 0 amide bonds. The first-order valence-corrected chi connectivity index (χ1v) is 14.0. The van der Waals surface area contributed by atoms with Crippen LogP contribution in [0.25, 0.3) is 21.5 Å². The van der Waals surface area contributed by atoms with Crippen molar-refractivity contribution < 1.29 is 19.2 Å². The van der Waals surface area contributed by atoms with Gasteiger partial charge in [0.25, 0.3) is 0 Å².